The number of ether oxygens (including phenoxy) is 1. The molecule has 0 atom stereocenters. The maximum atomic E-state index is 12.1. The lowest BCUT2D eigenvalue weighted by Crippen LogP contribution is -2.17. The molecule has 0 aromatic heterocycles. The Labute approximate surface area is 137 Å². The summed E-state index contributed by atoms with van der Waals surface area (Å²) in [6.45, 7) is 0. The Bertz CT molecular complexity index is 779. The standard InChI is InChI=1S/C14H8ClF3N2O4/c15-12-6-3-9(20(22)23)7-11(12)13(21)19-8-1-4-10(5-2-8)24-14(16,17)18/h1-7H,(H,19,21). The number of benzene rings is 2. The zero-order chi connectivity index (χ0) is 17.9. The fourth-order valence-corrected chi connectivity index (χ4v) is 1.94. The third-order valence-electron chi connectivity index (χ3n) is 2.75. The van der Waals surface area contributed by atoms with Gasteiger partial charge in [0, 0.05) is 17.8 Å². The number of halogens is 4. The van der Waals surface area contributed by atoms with Crippen LogP contribution in [0.15, 0.2) is 42.5 Å². The lowest BCUT2D eigenvalue weighted by Gasteiger charge is -2.10. The highest BCUT2D eigenvalue weighted by Crippen LogP contribution is 2.26. The summed E-state index contributed by atoms with van der Waals surface area (Å²) in [5, 5.41) is 13.1. The van der Waals surface area contributed by atoms with Crippen LogP contribution in [0.5, 0.6) is 5.75 Å². The van der Waals surface area contributed by atoms with Crippen LogP contribution in [-0.4, -0.2) is 17.2 Å². The van der Waals surface area contributed by atoms with E-state index >= 15 is 0 Å². The van der Waals surface area contributed by atoms with Crippen LogP contribution in [0.1, 0.15) is 10.4 Å². The van der Waals surface area contributed by atoms with E-state index in [1.807, 2.05) is 0 Å². The van der Waals surface area contributed by atoms with Gasteiger partial charge in [-0.3, -0.25) is 14.9 Å². The maximum Gasteiger partial charge on any atom is 0.573 e. The number of hydrogen-bond acceptors (Lipinski definition) is 4. The molecule has 0 saturated carbocycles. The van der Waals surface area contributed by atoms with E-state index in [-0.39, 0.29) is 22.0 Å². The van der Waals surface area contributed by atoms with Gasteiger partial charge >= 0.3 is 6.36 Å². The Morgan fingerprint density at radius 3 is 2.33 bits per heavy atom. The first-order valence-corrected chi connectivity index (χ1v) is 6.64. The number of nitrogens with zero attached hydrogens (tertiary/aromatic N) is 1. The van der Waals surface area contributed by atoms with Gasteiger partial charge in [0.2, 0.25) is 0 Å². The van der Waals surface area contributed by atoms with Crippen molar-refractivity contribution >= 4 is 28.9 Å². The lowest BCUT2D eigenvalue weighted by atomic mass is 10.2. The molecule has 24 heavy (non-hydrogen) atoms. The van der Waals surface area contributed by atoms with Crippen molar-refractivity contribution in [1.82, 2.24) is 0 Å². The molecule has 0 spiro atoms. The minimum Gasteiger partial charge on any atom is -0.406 e. The normalized spacial score (nSPS) is 11.0. The molecule has 0 radical (unpaired) electrons. The predicted molar refractivity (Wildman–Crippen MR) is 79.2 cm³/mol. The molecule has 1 amide bonds. The van der Waals surface area contributed by atoms with Crippen molar-refractivity contribution in [2.75, 3.05) is 5.32 Å². The van der Waals surface area contributed by atoms with E-state index in [0.717, 1.165) is 24.3 Å². The SMILES string of the molecule is O=C(Nc1ccc(OC(F)(F)F)cc1)c1cc([N+](=O)[O-])ccc1Cl. The minimum atomic E-state index is -4.82. The van der Waals surface area contributed by atoms with Crippen LogP contribution < -0.4 is 10.1 Å². The van der Waals surface area contributed by atoms with Crippen LogP contribution in [0.4, 0.5) is 24.5 Å². The highest BCUT2D eigenvalue weighted by Gasteiger charge is 2.31. The summed E-state index contributed by atoms with van der Waals surface area (Å²) in [4.78, 5) is 22.1. The number of nitro groups is 1. The van der Waals surface area contributed by atoms with Gasteiger partial charge in [0.05, 0.1) is 15.5 Å². The number of anilines is 1. The quantitative estimate of drug-likeness (QED) is 0.647. The van der Waals surface area contributed by atoms with Gasteiger partial charge in [-0.25, -0.2) is 0 Å². The number of carbonyl (C=O) groups excluding carboxylic acids is 1. The minimum absolute atomic E-state index is 0.00451. The summed E-state index contributed by atoms with van der Waals surface area (Å²) in [6.07, 6.45) is -4.82. The molecule has 1 N–H and O–H groups in total. The molecule has 0 fully saturated rings. The molecule has 2 aromatic carbocycles. The number of amides is 1. The first-order valence-electron chi connectivity index (χ1n) is 6.27. The van der Waals surface area contributed by atoms with E-state index < -0.39 is 22.9 Å². The first-order chi connectivity index (χ1) is 11.2. The number of rotatable bonds is 4. The maximum absolute atomic E-state index is 12.1. The second-order valence-electron chi connectivity index (χ2n) is 4.45. The number of nitrogens with one attached hydrogen (secondary N) is 1. The molecule has 0 saturated heterocycles. The fraction of sp³-hybridized carbons (Fsp3) is 0.0714. The monoisotopic (exact) mass is 360 g/mol. The molecule has 6 nitrogen and oxygen atoms in total. The van der Waals surface area contributed by atoms with Crippen LogP contribution in [0.3, 0.4) is 0 Å². The topological polar surface area (TPSA) is 81.5 Å². The first kappa shape index (κ1) is 17.5. The molecule has 0 aliphatic carbocycles. The molecule has 2 rings (SSSR count). The summed E-state index contributed by atoms with van der Waals surface area (Å²) in [5.41, 5.74) is -0.294. The van der Waals surface area contributed by atoms with Gasteiger partial charge in [0.25, 0.3) is 11.6 Å². The van der Waals surface area contributed by atoms with Crippen LogP contribution >= 0.6 is 11.6 Å². The second-order valence-corrected chi connectivity index (χ2v) is 4.85. The van der Waals surface area contributed by atoms with Gasteiger partial charge in [0.1, 0.15) is 5.75 Å². The number of hydrogen-bond donors (Lipinski definition) is 1. The molecule has 0 unspecified atom stereocenters. The summed E-state index contributed by atoms with van der Waals surface area (Å²) < 4.78 is 39.9. The van der Waals surface area contributed by atoms with Crippen molar-refractivity contribution in [3.05, 3.63) is 63.2 Å². The van der Waals surface area contributed by atoms with Crippen molar-refractivity contribution in [1.29, 1.82) is 0 Å². The van der Waals surface area contributed by atoms with Gasteiger partial charge in [-0.1, -0.05) is 11.6 Å². The van der Waals surface area contributed by atoms with E-state index in [2.05, 4.69) is 10.1 Å². The van der Waals surface area contributed by atoms with E-state index in [1.165, 1.54) is 18.2 Å². The zero-order valence-corrected chi connectivity index (χ0v) is 12.4. The third kappa shape index (κ3) is 4.59. The Morgan fingerprint density at radius 2 is 1.79 bits per heavy atom. The molecule has 126 valence electrons. The largest absolute Gasteiger partial charge is 0.573 e. The van der Waals surface area contributed by atoms with Crippen molar-refractivity contribution in [2.24, 2.45) is 0 Å². The van der Waals surface area contributed by atoms with Crippen LogP contribution in [0.2, 0.25) is 5.02 Å². The van der Waals surface area contributed by atoms with E-state index in [0.29, 0.717) is 0 Å². The van der Waals surface area contributed by atoms with Gasteiger partial charge < -0.3 is 10.1 Å². The van der Waals surface area contributed by atoms with Gasteiger partial charge in [-0.2, -0.15) is 0 Å². The summed E-state index contributed by atoms with van der Waals surface area (Å²) in [7, 11) is 0. The molecule has 0 bridgehead atoms. The zero-order valence-electron chi connectivity index (χ0n) is 11.6. The molecular formula is C14H8ClF3N2O4. The van der Waals surface area contributed by atoms with Crippen molar-refractivity contribution < 1.29 is 27.6 Å². The molecular weight excluding hydrogens is 353 g/mol. The third-order valence-corrected chi connectivity index (χ3v) is 3.08. The van der Waals surface area contributed by atoms with E-state index in [4.69, 9.17) is 11.6 Å². The van der Waals surface area contributed by atoms with Gasteiger partial charge in [0.15, 0.2) is 0 Å². The summed E-state index contributed by atoms with van der Waals surface area (Å²) in [6, 6.07) is 7.74. The highest BCUT2D eigenvalue weighted by molar-refractivity contribution is 6.34. The number of alkyl halides is 3. The lowest BCUT2D eigenvalue weighted by molar-refractivity contribution is -0.384. The van der Waals surface area contributed by atoms with E-state index in [9.17, 15) is 28.1 Å². The molecule has 0 aliphatic heterocycles. The van der Waals surface area contributed by atoms with Gasteiger partial charge in [-0.15, -0.1) is 13.2 Å². The fourth-order valence-electron chi connectivity index (χ4n) is 1.74. The molecule has 0 aliphatic rings. The average Bonchev–Trinajstić information content (AvgIpc) is 2.48. The van der Waals surface area contributed by atoms with Crippen LogP contribution in [0, 0.1) is 10.1 Å². The average molecular weight is 361 g/mol. The Balaban J connectivity index is 2.15. The molecule has 0 heterocycles. The van der Waals surface area contributed by atoms with Crippen molar-refractivity contribution in [2.45, 2.75) is 6.36 Å². The molecule has 10 heteroatoms. The Hall–Kier alpha value is -2.81. The molecule has 2 aromatic rings. The van der Waals surface area contributed by atoms with E-state index in [1.54, 1.807) is 0 Å². The number of non-ortho nitro benzene ring substituents is 1. The second kappa shape index (κ2) is 6.75. The summed E-state index contributed by atoms with van der Waals surface area (Å²) >= 11 is 5.83. The smallest absolute Gasteiger partial charge is 0.406 e. The number of carbonyl (C=O) groups is 1. The van der Waals surface area contributed by atoms with Crippen LogP contribution in [-0.2, 0) is 0 Å². The highest BCUT2D eigenvalue weighted by atomic mass is 35.5. The van der Waals surface area contributed by atoms with Gasteiger partial charge in [-0.05, 0) is 30.3 Å². The summed E-state index contributed by atoms with van der Waals surface area (Å²) in [5.74, 6) is -1.19. The van der Waals surface area contributed by atoms with Crippen molar-refractivity contribution in [3.63, 3.8) is 0 Å². The number of nitro benzene ring substituents is 1. The Morgan fingerprint density at radius 1 is 1.17 bits per heavy atom. The van der Waals surface area contributed by atoms with Crippen molar-refractivity contribution in [3.8, 4) is 5.75 Å². The van der Waals surface area contributed by atoms with Crippen LogP contribution in [0.25, 0.3) is 0 Å². The predicted octanol–water partition coefficient (Wildman–Crippen LogP) is 4.40. The Kier molecular flexibility index (Phi) is 4.93.